The molecule has 1 saturated carbocycles. The van der Waals surface area contributed by atoms with Crippen molar-refractivity contribution >= 4 is 52.7 Å². The molecular formula is C31H32ClF3N10O4. The molecular weight excluding hydrogens is 669 g/mol. The molecule has 6 N–H and O–H groups in total. The number of aromatic amines is 1. The van der Waals surface area contributed by atoms with Crippen molar-refractivity contribution in [1.29, 1.82) is 0 Å². The molecule has 0 aliphatic heterocycles. The molecule has 4 aromatic rings. The highest BCUT2D eigenvalue weighted by Gasteiger charge is 2.45. The number of hydrogen-bond donors (Lipinski definition) is 6. The summed E-state index contributed by atoms with van der Waals surface area (Å²) in [6.07, 6.45) is -1.63. The molecule has 3 amide bonds. The van der Waals surface area contributed by atoms with Crippen LogP contribution >= 0.6 is 11.6 Å². The van der Waals surface area contributed by atoms with E-state index in [9.17, 15) is 27.6 Å². The number of hydrogen-bond acceptors (Lipinski definition) is 10. The van der Waals surface area contributed by atoms with Gasteiger partial charge in [0.1, 0.15) is 0 Å². The van der Waals surface area contributed by atoms with Crippen LogP contribution in [0.25, 0.3) is 0 Å². The van der Waals surface area contributed by atoms with Gasteiger partial charge in [-0.25, -0.2) is 0 Å². The Morgan fingerprint density at radius 1 is 0.898 bits per heavy atom. The summed E-state index contributed by atoms with van der Waals surface area (Å²) in [7, 11) is 0. The van der Waals surface area contributed by atoms with Gasteiger partial charge in [0.2, 0.25) is 11.9 Å². The van der Waals surface area contributed by atoms with Gasteiger partial charge in [-0.05, 0) is 60.2 Å². The first-order valence-corrected chi connectivity index (χ1v) is 15.3. The van der Waals surface area contributed by atoms with Crippen molar-refractivity contribution in [2.75, 3.05) is 35.6 Å². The highest BCUT2D eigenvalue weighted by Crippen LogP contribution is 2.48. The summed E-state index contributed by atoms with van der Waals surface area (Å²) in [6, 6.07) is 14.4. The molecule has 2 aromatic carbocycles. The average molecular weight is 701 g/mol. The van der Waals surface area contributed by atoms with Gasteiger partial charge in [0.15, 0.2) is 12.4 Å². The third kappa shape index (κ3) is 10.0. The summed E-state index contributed by atoms with van der Waals surface area (Å²) in [5, 5.41) is 20.7. The smallest absolute Gasteiger partial charge is 0.422 e. The van der Waals surface area contributed by atoms with Crippen LogP contribution in [0.1, 0.15) is 42.6 Å². The number of alkyl halides is 3. The lowest BCUT2D eigenvalue weighted by atomic mass is 9.93. The van der Waals surface area contributed by atoms with Gasteiger partial charge in [-0.3, -0.25) is 19.5 Å². The van der Waals surface area contributed by atoms with Crippen LogP contribution in [0.2, 0.25) is 5.02 Å². The molecule has 0 unspecified atom stereocenters. The molecule has 0 radical (unpaired) electrons. The number of aromatic nitrogens is 5. The fraction of sp³-hybridized carbons (Fsp3) is 0.323. The molecule has 0 spiro atoms. The zero-order chi connectivity index (χ0) is 35.2. The second-order valence-electron chi connectivity index (χ2n) is 12.0. The molecule has 5 rings (SSSR count). The van der Waals surface area contributed by atoms with E-state index in [1.54, 1.807) is 38.1 Å². The van der Waals surface area contributed by atoms with Gasteiger partial charge in [0.05, 0.1) is 5.54 Å². The summed E-state index contributed by atoms with van der Waals surface area (Å²) < 4.78 is 43.5. The fourth-order valence-corrected chi connectivity index (χ4v) is 4.62. The van der Waals surface area contributed by atoms with Crippen LogP contribution in [-0.2, 0) is 15.1 Å². The molecule has 1 aliphatic rings. The highest BCUT2D eigenvalue weighted by molar-refractivity contribution is 6.39. The van der Waals surface area contributed by atoms with E-state index in [1.165, 1.54) is 24.4 Å². The van der Waals surface area contributed by atoms with E-state index in [0.717, 1.165) is 18.4 Å². The number of carbonyl (C=O) groups is 3. The van der Waals surface area contributed by atoms with Crippen molar-refractivity contribution in [3.05, 3.63) is 76.9 Å². The van der Waals surface area contributed by atoms with Gasteiger partial charge < -0.3 is 31.3 Å². The van der Waals surface area contributed by atoms with Crippen LogP contribution in [0, 0.1) is 5.41 Å². The highest BCUT2D eigenvalue weighted by atomic mass is 35.5. The lowest BCUT2D eigenvalue weighted by molar-refractivity contribution is -0.154. The molecule has 0 saturated heterocycles. The number of nitrogens with zero attached hydrogens (tertiary/aromatic N) is 4. The maximum absolute atomic E-state index is 12.9. The van der Waals surface area contributed by atoms with Crippen molar-refractivity contribution in [1.82, 2.24) is 35.8 Å². The Morgan fingerprint density at radius 2 is 1.57 bits per heavy atom. The Hall–Kier alpha value is -5.45. The maximum Gasteiger partial charge on any atom is 0.422 e. The van der Waals surface area contributed by atoms with Crippen LogP contribution in [0.4, 0.5) is 36.6 Å². The Labute approximate surface area is 283 Å². The van der Waals surface area contributed by atoms with Gasteiger partial charge in [-0.2, -0.15) is 33.2 Å². The van der Waals surface area contributed by atoms with Crippen molar-refractivity contribution < 1.29 is 32.3 Å². The number of ether oxygens (including phenoxy) is 1. The number of benzene rings is 2. The number of amides is 3. The Kier molecular flexibility index (Phi) is 10.2. The Bertz CT molecular complexity index is 1780. The van der Waals surface area contributed by atoms with Crippen molar-refractivity contribution in [2.45, 2.75) is 38.4 Å². The van der Waals surface area contributed by atoms with Crippen LogP contribution in [0.15, 0.2) is 60.8 Å². The minimum atomic E-state index is -4.61. The molecule has 0 bridgehead atoms. The van der Waals surface area contributed by atoms with Gasteiger partial charge >= 0.3 is 24.0 Å². The number of rotatable bonds is 13. The lowest BCUT2D eigenvalue weighted by Crippen LogP contribution is -2.45. The normalized spacial score (nSPS) is 13.6. The largest absolute Gasteiger partial charge is 0.454 e. The standard InChI is InChI=1S/C31H32ClF3N10O4/c1-29(2,16-37-24(47)25(48)40-22-11-14-38-45-22)15-36-23(46)18-3-9-21(10-4-18)39-26-41-27(43-28(42-26)49-17-31(33,34)35)44-30(12-13-30)19-5-7-20(32)8-6-19/h3-11,14H,12-13,15-17H2,1-2H3,(H,36,46)(H,37,47)(H2,38,40,45,48)(H2,39,41,42,43,44). The van der Waals surface area contributed by atoms with E-state index in [-0.39, 0.29) is 30.8 Å². The number of halogens is 4. The summed E-state index contributed by atoms with van der Waals surface area (Å²) in [5.74, 6) is -1.98. The second-order valence-corrected chi connectivity index (χ2v) is 12.5. The van der Waals surface area contributed by atoms with Gasteiger partial charge in [0, 0.05) is 41.6 Å². The van der Waals surface area contributed by atoms with Crippen molar-refractivity contribution in [3.8, 4) is 6.01 Å². The van der Waals surface area contributed by atoms with Crippen LogP contribution in [-0.4, -0.2) is 68.7 Å². The predicted octanol–water partition coefficient (Wildman–Crippen LogP) is 4.54. The van der Waals surface area contributed by atoms with E-state index in [4.69, 9.17) is 16.3 Å². The number of nitrogens with one attached hydrogen (secondary N) is 6. The third-order valence-corrected chi connectivity index (χ3v) is 7.54. The summed E-state index contributed by atoms with van der Waals surface area (Å²) >= 11 is 6.02. The fourth-order valence-electron chi connectivity index (χ4n) is 4.49. The first-order chi connectivity index (χ1) is 23.2. The molecule has 49 heavy (non-hydrogen) atoms. The zero-order valence-corrected chi connectivity index (χ0v) is 27.0. The third-order valence-electron chi connectivity index (χ3n) is 7.28. The quantitative estimate of drug-likeness (QED) is 0.108. The van der Waals surface area contributed by atoms with E-state index in [2.05, 4.69) is 51.7 Å². The molecule has 0 atom stereocenters. The summed E-state index contributed by atoms with van der Waals surface area (Å²) in [5.41, 5.74) is 0.539. The lowest BCUT2D eigenvalue weighted by Gasteiger charge is -2.25. The molecule has 18 heteroatoms. The van der Waals surface area contributed by atoms with E-state index in [1.807, 2.05) is 12.1 Å². The van der Waals surface area contributed by atoms with Gasteiger partial charge in [0.25, 0.3) is 5.91 Å². The first kappa shape index (κ1) is 34.9. The molecule has 14 nitrogen and oxygen atoms in total. The van der Waals surface area contributed by atoms with E-state index >= 15 is 0 Å². The van der Waals surface area contributed by atoms with E-state index in [0.29, 0.717) is 16.3 Å². The van der Waals surface area contributed by atoms with Crippen molar-refractivity contribution in [3.63, 3.8) is 0 Å². The maximum atomic E-state index is 12.9. The topological polar surface area (TPSA) is 188 Å². The van der Waals surface area contributed by atoms with Crippen LogP contribution in [0.3, 0.4) is 0 Å². The molecule has 1 aliphatic carbocycles. The molecule has 1 fully saturated rings. The first-order valence-electron chi connectivity index (χ1n) is 14.9. The van der Waals surface area contributed by atoms with Crippen LogP contribution in [0.5, 0.6) is 6.01 Å². The van der Waals surface area contributed by atoms with Gasteiger partial charge in [-0.15, -0.1) is 0 Å². The summed E-state index contributed by atoms with van der Waals surface area (Å²) in [4.78, 5) is 49.4. The molecule has 2 aromatic heterocycles. The monoisotopic (exact) mass is 700 g/mol. The van der Waals surface area contributed by atoms with Crippen molar-refractivity contribution in [2.24, 2.45) is 5.41 Å². The SMILES string of the molecule is CC(C)(CNC(=O)C(=O)Nc1cc[nH]n1)CNC(=O)c1ccc(Nc2nc(NC3(c4ccc(Cl)cc4)CC3)nc(OCC(F)(F)F)n2)cc1. The number of anilines is 4. The zero-order valence-electron chi connectivity index (χ0n) is 26.2. The minimum Gasteiger partial charge on any atom is -0.454 e. The summed E-state index contributed by atoms with van der Waals surface area (Å²) in [6.45, 7) is 2.29. The number of H-pyrrole nitrogens is 1. The Balaban J connectivity index is 1.19. The van der Waals surface area contributed by atoms with Crippen LogP contribution < -0.4 is 31.3 Å². The average Bonchev–Trinajstić information content (AvgIpc) is 3.64. The predicted molar refractivity (Wildman–Crippen MR) is 173 cm³/mol. The Morgan fingerprint density at radius 3 is 2.20 bits per heavy atom. The minimum absolute atomic E-state index is 0.00947. The van der Waals surface area contributed by atoms with Gasteiger partial charge in [-0.1, -0.05) is 37.6 Å². The van der Waals surface area contributed by atoms with E-state index < -0.39 is 47.5 Å². The molecule has 2 heterocycles. The second kappa shape index (κ2) is 14.3. The molecule has 258 valence electrons. The number of carbonyl (C=O) groups excluding carboxylic acids is 3.